The summed E-state index contributed by atoms with van der Waals surface area (Å²) in [5, 5.41) is 7.82. The molecule has 0 aliphatic rings. The van der Waals surface area contributed by atoms with Crippen LogP contribution < -0.4 is 16.2 Å². The van der Waals surface area contributed by atoms with Gasteiger partial charge in [-0.25, -0.2) is 0 Å². The van der Waals surface area contributed by atoms with Crippen LogP contribution in [0.3, 0.4) is 0 Å². The zero-order valence-electron chi connectivity index (χ0n) is 13.1. The van der Waals surface area contributed by atoms with Crippen molar-refractivity contribution in [3.63, 3.8) is 0 Å². The van der Waals surface area contributed by atoms with E-state index in [1.807, 2.05) is 12.1 Å². The number of nitrogens with two attached hydrogens (primary N) is 2. The summed E-state index contributed by atoms with van der Waals surface area (Å²) >= 11 is 6.18. The Hall–Kier alpha value is -1.75. The van der Waals surface area contributed by atoms with Crippen molar-refractivity contribution in [2.24, 2.45) is 21.7 Å². The maximum absolute atomic E-state index is 6.18. The van der Waals surface area contributed by atoms with Crippen molar-refractivity contribution in [3.8, 4) is 5.75 Å². The highest BCUT2D eigenvalue weighted by Gasteiger charge is 2.02. The molecule has 22 heavy (non-hydrogen) atoms. The molecule has 0 fully saturated rings. The summed E-state index contributed by atoms with van der Waals surface area (Å²) in [6.07, 6.45) is 8.93. The maximum Gasteiger partial charge on any atom is 0.211 e. The monoisotopic (exact) mass is 324 g/mol. The van der Waals surface area contributed by atoms with E-state index in [-0.39, 0.29) is 5.96 Å². The largest absolute Gasteiger partial charge is 0.492 e. The first-order valence-corrected chi connectivity index (χ1v) is 8.05. The number of guanidine groups is 1. The summed E-state index contributed by atoms with van der Waals surface area (Å²) in [7, 11) is 0. The number of hydrogen-bond donors (Lipinski definition) is 2. The minimum Gasteiger partial charge on any atom is -0.492 e. The van der Waals surface area contributed by atoms with Gasteiger partial charge < -0.3 is 16.2 Å². The Balaban J connectivity index is 2.36. The molecule has 1 rings (SSSR count). The molecule has 122 valence electrons. The van der Waals surface area contributed by atoms with Crippen LogP contribution >= 0.6 is 11.6 Å². The van der Waals surface area contributed by atoms with E-state index in [1.165, 1.54) is 38.3 Å². The number of unbranched alkanes of at least 4 members (excludes halogenated alkanes) is 5. The third kappa shape index (κ3) is 7.88. The molecule has 0 aliphatic heterocycles. The van der Waals surface area contributed by atoms with Gasteiger partial charge in [0, 0.05) is 0 Å². The predicted octanol–water partition coefficient (Wildman–Crippen LogP) is 3.69. The third-order valence-corrected chi connectivity index (χ3v) is 3.39. The fourth-order valence-corrected chi connectivity index (χ4v) is 2.18. The van der Waals surface area contributed by atoms with Crippen LogP contribution in [-0.4, -0.2) is 18.8 Å². The Morgan fingerprint density at radius 2 is 1.91 bits per heavy atom. The van der Waals surface area contributed by atoms with Gasteiger partial charge in [0.1, 0.15) is 5.75 Å². The highest BCUT2D eigenvalue weighted by molar-refractivity contribution is 6.32. The fraction of sp³-hybridized carbons (Fsp3) is 0.500. The number of rotatable bonds is 10. The second-order valence-electron chi connectivity index (χ2n) is 5.08. The normalized spacial score (nSPS) is 10.8. The topological polar surface area (TPSA) is 86.0 Å². The molecule has 0 saturated carbocycles. The van der Waals surface area contributed by atoms with Crippen molar-refractivity contribution in [1.82, 2.24) is 0 Å². The minimum absolute atomic E-state index is 0.0822. The molecule has 0 aromatic heterocycles. The van der Waals surface area contributed by atoms with E-state index in [4.69, 9.17) is 27.8 Å². The maximum atomic E-state index is 6.18. The Morgan fingerprint density at radius 1 is 1.18 bits per heavy atom. The average Bonchev–Trinajstić information content (AvgIpc) is 2.48. The summed E-state index contributed by atoms with van der Waals surface area (Å²) in [6.45, 7) is 2.91. The van der Waals surface area contributed by atoms with E-state index in [2.05, 4.69) is 17.1 Å². The van der Waals surface area contributed by atoms with Gasteiger partial charge in [0.2, 0.25) is 5.96 Å². The molecule has 0 unspecified atom stereocenters. The first-order valence-electron chi connectivity index (χ1n) is 7.67. The van der Waals surface area contributed by atoms with E-state index < -0.39 is 0 Å². The van der Waals surface area contributed by atoms with Gasteiger partial charge in [-0.15, -0.1) is 5.10 Å². The van der Waals surface area contributed by atoms with Crippen molar-refractivity contribution in [2.45, 2.75) is 45.4 Å². The van der Waals surface area contributed by atoms with Gasteiger partial charge in [-0.2, -0.15) is 5.10 Å². The molecule has 5 nitrogen and oxygen atoms in total. The van der Waals surface area contributed by atoms with Crippen molar-refractivity contribution < 1.29 is 4.74 Å². The van der Waals surface area contributed by atoms with Crippen LogP contribution in [0.4, 0.5) is 0 Å². The zero-order chi connectivity index (χ0) is 16.2. The van der Waals surface area contributed by atoms with Crippen LogP contribution in [0, 0.1) is 0 Å². The Morgan fingerprint density at radius 3 is 2.59 bits per heavy atom. The van der Waals surface area contributed by atoms with E-state index in [1.54, 1.807) is 6.07 Å². The number of halogens is 1. The molecule has 1 aromatic carbocycles. The summed E-state index contributed by atoms with van der Waals surface area (Å²) < 4.78 is 5.70. The van der Waals surface area contributed by atoms with E-state index in [0.717, 1.165) is 12.0 Å². The molecule has 1 aromatic rings. The van der Waals surface area contributed by atoms with Crippen LogP contribution in [0.25, 0.3) is 0 Å². The summed E-state index contributed by atoms with van der Waals surface area (Å²) in [4.78, 5) is 0. The Labute approximate surface area is 137 Å². The Bertz CT molecular complexity index is 499. The van der Waals surface area contributed by atoms with E-state index >= 15 is 0 Å². The van der Waals surface area contributed by atoms with Crippen LogP contribution in [0.5, 0.6) is 5.75 Å². The van der Waals surface area contributed by atoms with Crippen LogP contribution in [0.15, 0.2) is 28.4 Å². The standard InChI is InChI=1S/C16H25ClN4O/c1-2-3-4-5-6-7-10-22-15-9-8-13(11-14(15)17)12-20-21-16(18)19/h8-9,11-12H,2-7,10H2,1H3,(H4,18,19,21). The molecule has 0 amide bonds. The average molecular weight is 325 g/mol. The fourth-order valence-electron chi connectivity index (χ4n) is 1.94. The number of hydrogen-bond acceptors (Lipinski definition) is 3. The molecule has 0 spiro atoms. The van der Waals surface area contributed by atoms with Gasteiger partial charge in [0.25, 0.3) is 0 Å². The van der Waals surface area contributed by atoms with Gasteiger partial charge in [0.05, 0.1) is 17.8 Å². The predicted molar refractivity (Wildman–Crippen MR) is 93.7 cm³/mol. The molecule has 0 saturated heterocycles. The SMILES string of the molecule is CCCCCCCCOc1ccc(C=NN=C(N)N)cc1Cl. The lowest BCUT2D eigenvalue weighted by molar-refractivity contribution is 0.304. The first kappa shape index (κ1) is 18.3. The molecule has 0 atom stereocenters. The minimum atomic E-state index is -0.0822. The van der Waals surface area contributed by atoms with E-state index in [0.29, 0.717) is 17.4 Å². The van der Waals surface area contributed by atoms with Crippen molar-refractivity contribution in [1.29, 1.82) is 0 Å². The first-order chi connectivity index (χ1) is 10.6. The van der Waals surface area contributed by atoms with Crippen LogP contribution in [0.1, 0.15) is 51.0 Å². The molecule has 0 heterocycles. The van der Waals surface area contributed by atoms with Gasteiger partial charge in [-0.1, -0.05) is 50.6 Å². The Kier molecular flexibility index (Phi) is 9.07. The highest BCUT2D eigenvalue weighted by atomic mass is 35.5. The lowest BCUT2D eigenvalue weighted by Crippen LogP contribution is -2.21. The molecular weight excluding hydrogens is 300 g/mol. The summed E-state index contributed by atoms with van der Waals surface area (Å²) in [6, 6.07) is 5.45. The highest BCUT2D eigenvalue weighted by Crippen LogP contribution is 2.25. The van der Waals surface area contributed by atoms with Gasteiger partial charge >= 0.3 is 0 Å². The summed E-state index contributed by atoms with van der Waals surface area (Å²) in [5.74, 6) is 0.607. The van der Waals surface area contributed by atoms with Gasteiger partial charge in [-0.3, -0.25) is 0 Å². The quantitative estimate of drug-likeness (QED) is 0.298. The lowest BCUT2D eigenvalue weighted by atomic mass is 10.1. The van der Waals surface area contributed by atoms with Crippen LogP contribution in [0.2, 0.25) is 5.02 Å². The van der Waals surface area contributed by atoms with Crippen molar-refractivity contribution in [2.75, 3.05) is 6.61 Å². The second-order valence-corrected chi connectivity index (χ2v) is 5.48. The third-order valence-electron chi connectivity index (χ3n) is 3.09. The molecule has 6 heteroatoms. The molecule has 0 radical (unpaired) electrons. The number of benzene rings is 1. The number of ether oxygens (including phenoxy) is 1. The lowest BCUT2D eigenvalue weighted by Gasteiger charge is -2.08. The zero-order valence-corrected chi connectivity index (χ0v) is 13.9. The van der Waals surface area contributed by atoms with Crippen LogP contribution in [-0.2, 0) is 0 Å². The molecule has 0 aliphatic carbocycles. The second kappa shape index (κ2) is 10.9. The smallest absolute Gasteiger partial charge is 0.211 e. The van der Waals surface area contributed by atoms with Crippen molar-refractivity contribution >= 4 is 23.8 Å². The molecule has 0 bridgehead atoms. The number of nitrogens with zero attached hydrogens (tertiary/aromatic N) is 2. The molecular formula is C16H25ClN4O. The van der Waals surface area contributed by atoms with Gasteiger partial charge in [0.15, 0.2) is 0 Å². The molecule has 4 N–H and O–H groups in total. The summed E-state index contributed by atoms with van der Waals surface area (Å²) in [5.41, 5.74) is 11.2. The van der Waals surface area contributed by atoms with Gasteiger partial charge in [-0.05, 0) is 30.2 Å². The van der Waals surface area contributed by atoms with Crippen molar-refractivity contribution in [3.05, 3.63) is 28.8 Å². The van der Waals surface area contributed by atoms with E-state index in [9.17, 15) is 0 Å².